The average molecular weight is 226 g/mol. The van der Waals surface area contributed by atoms with Gasteiger partial charge in [-0.05, 0) is 24.1 Å². The molecule has 1 aromatic heterocycles. The van der Waals surface area contributed by atoms with E-state index in [1.807, 2.05) is 48.5 Å². The molecule has 1 heterocycles. The quantitative estimate of drug-likeness (QED) is 0.793. The van der Waals surface area contributed by atoms with Crippen molar-refractivity contribution in [1.82, 2.24) is 10.3 Å². The predicted molar refractivity (Wildman–Crippen MR) is 66.3 cm³/mol. The number of hydrogen-bond acceptors (Lipinski definition) is 2. The van der Waals surface area contributed by atoms with Gasteiger partial charge in [0.2, 0.25) is 6.41 Å². The van der Waals surface area contributed by atoms with Crippen molar-refractivity contribution in [2.45, 2.75) is 12.5 Å². The molecule has 2 rings (SSSR count). The van der Waals surface area contributed by atoms with Crippen molar-refractivity contribution >= 4 is 6.41 Å². The van der Waals surface area contributed by atoms with Crippen LogP contribution in [0.2, 0.25) is 0 Å². The summed E-state index contributed by atoms with van der Waals surface area (Å²) in [6.45, 7) is 0. The van der Waals surface area contributed by atoms with E-state index in [0.717, 1.165) is 18.5 Å². The fourth-order valence-electron chi connectivity index (χ4n) is 1.76. The Morgan fingerprint density at radius 1 is 1.12 bits per heavy atom. The van der Waals surface area contributed by atoms with Gasteiger partial charge in [0.05, 0.1) is 11.7 Å². The lowest BCUT2D eigenvalue weighted by Gasteiger charge is -2.15. The molecule has 1 aromatic carbocycles. The maximum atomic E-state index is 10.6. The number of rotatable bonds is 5. The molecule has 2 aromatic rings. The van der Waals surface area contributed by atoms with Gasteiger partial charge in [0.1, 0.15) is 0 Å². The van der Waals surface area contributed by atoms with Gasteiger partial charge in [-0.2, -0.15) is 0 Å². The third-order valence-corrected chi connectivity index (χ3v) is 2.60. The summed E-state index contributed by atoms with van der Waals surface area (Å²) in [4.78, 5) is 14.9. The minimum Gasteiger partial charge on any atom is -0.350 e. The summed E-state index contributed by atoms with van der Waals surface area (Å²) in [5.74, 6) is 0. The molecule has 86 valence electrons. The maximum absolute atomic E-state index is 10.6. The second-order valence-electron chi connectivity index (χ2n) is 3.78. The molecule has 0 saturated carbocycles. The van der Waals surface area contributed by atoms with E-state index in [2.05, 4.69) is 10.3 Å². The molecule has 1 N–H and O–H groups in total. The van der Waals surface area contributed by atoms with Gasteiger partial charge in [0, 0.05) is 6.20 Å². The van der Waals surface area contributed by atoms with Crippen LogP contribution in [0.15, 0.2) is 54.7 Å². The van der Waals surface area contributed by atoms with Gasteiger partial charge in [-0.1, -0.05) is 36.4 Å². The number of nitrogens with zero attached hydrogens (tertiary/aromatic N) is 1. The van der Waals surface area contributed by atoms with E-state index >= 15 is 0 Å². The minimum atomic E-state index is -0.0731. The van der Waals surface area contributed by atoms with Crippen molar-refractivity contribution in [3.8, 4) is 0 Å². The van der Waals surface area contributed by atoms with Crippen LogP contribution in [-0.4, -0.2) is 11.4 Å². The molecule has 0 aliphatic heterocycles. The summed E-state index contributed by atoms with van der Waals surface area (Å²) in [6.07, 6.45) is 3.21. The zero-order valence-electron chi connectivity index (χ0n) is 9.41. The molecule has 1 atom stereocenters. The number of amides is 1. The smallest absolute Gasteiger partial charge is 0.207 e. The van der Waals surface area contributed by atoms with Gasteiger partial charge >= 0.3 is 0 Å². The summed E-state index contributed by atoms with van der Waals surface area (Å²) >= 11 is 0. The Balaban J connectivity index is 2.16. The fraction of sp³-hybridized carbons (Fsp3) is 0.143. The third kappa shape index (κ3) is 3.14. The van der Waals surface area contributed by atoms with Gasteiger partial charge in [-0.15, -0.1) is 0 Å². The molecule has 1 amide bonds. The molecule has 0 saturated heterocycles. The molecule has 0 spiro atoms. The van der Waals surface area contributed by atoms with Crippen LogP contribution in [0.1, 0.15) is 17.3 Å². The first-order valence-corrected chi connectivity index (χ1v) is 5.54. The van der Waals surface area contributed by atoms with Crippen LogP contribution in [-0.2, 0) is 11.2 Å². The van der Waals surface area contributed by atoms with E-state index in [1.54, 1.807) is 6.20 Å². The molecule has 0 bridgehead atoms. The number of carbonyl (C=O) groups is 1. The second kappa shape index (κ2) is 5.80. The van der Waals surface area contributed by atoms with Crippen molar-refractivity contribution in [3.05, 3.63) is 66.0 Å². The number of benzene rings is 1. The molecule has 0 aliphatic rings. The lowest BCUT2D eigenvalue weighted by molar-refractivity contribution is -0.110. The van der Waals surface area contributed by atoms with E-state index < -0.39 is 0 Å². The topological polar surface area (TPSA) is 42.0 Å². The number of nitrogens with one attached hydrogen (secondary N) is 1. The van der Waals surface area contributed by atoms with Gasteiger partial charge in [-0.25, -0.2) is 0 Å². The lowest BCUT2D eigenvalue weighted by atomic mass is 10.0. The van der Waals surface area contributed by atoms with Crippen molar-refractivity contribution in [2.75, 3.05) is 0 Å². The first-order chi connectivity index (χ1) is 8.40. The average Bonchev–Trinajstić information content (AvgIpc) is 2.40. The van der Waals surface area contributed by atoms with Crippen LogP contribution in [0.25, 0.3) is 0 Å². The molecule has 3 nitrogen and oxygen atoms in total. The Labute approximate surface area is 101 Å². The van der Waals surface area contributed by atoms with Crippen molar-refractivity contribution < 1.29 is 4.79 Å². The van der Waals surface area contributed by atoms with E-state index in [0.29, 0.717) is 0 Å². The zero-order valence-corrected chi connectivity index (χ0v) is 9.41. The largest absolute Gasteiger partial charge is 0.350 e. The van der Waals surface area contributed by atoms with Crippen molar-refractivity contribution in [1.29, 1.82) is 0 Å². The highest BCUT2D eigenvalue weighted by Gasteiger charge is 2.11. The first-order valence-electron chi connectivity index (χ1n) is 5.54. The van der Waals surface area contributed by atoms with Crippen LogP contribution in [0.3, 0.4) is 0 Å². The molecular weight excluding hydrogens is 212 g/mol. The normalized spacial score (nSPS) is 11.8. The van der Waals surface area contributed by atoms with E-state index in [4.69, 9.17) is 0 Å². The van der Waals surface area contributed by atoms with Crippen LogP contribution < -0.4 is 5.32 Å². The number of carbonyl (C=O) groups excluding carboxylic acids is 1. The number of aromatic nitrogens is 1. The summed E-state index contributed by atoms with van der Waals surface area (Å²) in [7, 11) is 0. The molecule has 17 heavy (non-hydrogen) atoms. The van der Waals surface area contributed by atoms with Crippen LogP contribution in [0.4, 0.5) is 0 Å². The molecule has 0 aliphatic carbocycles. The monoisotopic (exact) mass is 226 g/mol. The fourth-order valence-corrected chi connectivity index (χ4v) is 1.76. The van der Waals surface area contributed by atoms with E-state index in [9.17, 15) is 4.79 Å². The van der Waals surface area contributed by atoms with Gasteiger partial charge < -0.3 is 5.32 Å². The lowest BCUT2D eigenvalue weighted by Crippen LogP contribution is -2.22. The molecule has 1 unspecified atom stereocenters. The molecular formula is C14H14N2O. The Morgan fingerprint density at radius 2 is 1.88 bits per heavy atom. The maximum Gasteiger partial charge on any atom is 0.207 e. The van der Waals surface area contributed by atoms with Crippen LogP contribution >= 0.6 is 0 Å². The highest BCUT2D eigenvalue weighted by molar-refractivity contribution is 5.47. The zero-order chi connectivity index (χ0) is 11.9. The second-order valence-corrected chi connectivity index (χ2v) is 3.78. The third-order valence-electron chi connectivity index (χ3n) is 2.60. The Morgan fingerprint density at radius 3 is 2.53 bits per heavy atom. The number of pyridine rings is 1. The number of hydrogen-bond donors (Lipinski definition) is 1. The summed E-state index contributed by atoms with van der Waals surface area (Å²) < 4.78 is 0. The van der Waals surface area contributed by atoms with Gasteiger partial charge in [0.15, 0.2) is 0 Å². The highest BCUT2D eigenvalue weighted by atomic mass is 16.1. The van der Waals surface area contributed by atoms with E-state index in [-0.39, 0.29) is 6.04 Å². The minimum absolute atomic E-state index is 0.0731. The van der Waals surface area contributed by atoms with E-state index in [1.165, 1.54) is 5.56 Å². The Hall–Kier alpha value is -2.16. The van der Waals surface area contributed by atoms with Crippen molar-refractivity contribution in [2.24, 2.45) is 0 Å². The van der Waals surface area contributed by atoms with Crippen LogP contribution in [0.5, 0.6) is 0 Å². The highest BCUT2D eigenvalue weighted by Crippen LogP contribution is 2.15. The molecule has 0 radical (unpaired) electrons. The molecule has 0 fully saturated rings. The van der Waals surface area contributed by atoms with Crippen molar-refractivity contribution in [3.63, 3.8) is 0 Å². The summed E-state index contributed by atoms with van der Waals surface area (Å²) in [5.41, 5.74) is 2.06. The summed E-state index contributed by atoms with van der Waals surface area (Å²) in [5, 5.41) is 2.80. The standard InChI is InChI=1S/C14H14N2O/c17-11-16-14(13-8-4-5-9-15-13)10-12-6-2-1-3-7-12/h1-9,11,14H,10H2,(H,16,17). The predicted octanol–water partition coefficient (Wildman–Crippen LogP) is 2.11. The Kier molecular flexibility index (Phi) is 3.86. The SMILES string of the molecule is O=CNC(Cc1ccccc1)c1ccccn1. The summed E-state index contributed by atoms with van der Waals surface area (Å²) in [6, 6.07) is 15.7. The molecule has 3 heteroatoms. The first kappa shape index (κ1) is 11.3. The van der Waals surface area contributed by atoms with Crippen LogP contribution in [0, 0.1) is 0 Å². The Bertz CT molecular complexity index is 456. The van der Waals surface area contributed by atoms with Gasteiger partial charge in [-0.3, -0.25) is 9.78 Å². The van der Waals surface area contributed by atoms with Gasteiger partial charge in [0.25, 0.3) is 0 Å².